The number of nitriles is 1. The second-order valence-corrected chi connectivity index (χ2v) is 6.67. The SMILES string of the molecule is Cn1c(=O)c2c(c3ccccc31)OC(N)=C(C#N)[C@H]2c1ccc(C(F)(F)F)cc1. The van der Waals surface area contributed by atoms with Gasteiger partial charge in [0.15, 0.2) is 0 Å². The van der Waals surface area contributed by atoms with Crippen LogP contribution in [0.25, 0.3) is 10.9 Å². The molecule has 1 atom stereocenters. The first-order valence-electron chi connectivity index (χ1n) is 8.60. The first-order chi connectivity index (χ1) is 13.7. The van der Waals surface area contributed by atoms with Gasteiger partial charge in [0.25, 0.3) is 5.56 Å². The molecule has 2 aromatic carbocycles. The predicted octanol–water partition coefficient (Wildman–Crippen LogP) is 3.78. The van der Waals surface area contributed by atoms with Crippen molar-refractivity contribution in [1.82, 2.24) is 4.57 Å². The minimum atomic E-state index is -4.49. The van der Waals surface area contributed by atoms with Crippen molar-refractivity contribution in [2.45, 2.75) is 12.1 Å². The molecule has 146 valence electrons. The number of nitrogens with two attached hydrogens (primary N) is 1. The van der Waals surface area contributed by atoms with Crippen LogP contribution in [0.3, 0.4) is 0 Å². The number of rotatable bonds is 1. The van der Waals surface area contributed by atoms with Crippen LogP contribution in [0.1, 0.15) is 22.6 Å². The summed E-state index contributed by atoms with van der Waals surface area (Å²) in [7, 11) is 1.59. The second kappa shape index (κ2) is 6.41. The number of halogens is 3. The van der Waals surface area contributed by atoms with Crippen molar-refractivity contribution in [3.63, 3.8) is 0 Å². The fourth-order valence-corrected chi connectivity index (χ4v) is 3.62. The molecule has 8 heteroatoms. The van der Waals surface area contributed by atoms with E-state index in [1.165, 1.54) is 16.7 Å². The van der Waals surface area contributed by atoms with Crippen molar-refractivity contribution >= 4 is 10.9 Å². The Bertz CT molecular complexity index is 1270. The Kier molecular flexibility index (Phi) is 4.12. The van der Waals surface area contributed by atoms with Gasteiger partial charge in [0.05, 0.1) is 22.6 Å². The lowest BCUT2D eigenvalue weighted by Crippen LogP contribution is -2.31. The zero-order chi connectivity index (χ0) is 20.9. The van der Waals surface area contributed by atoms with Crippen LogP contribution in [-0.4, -0.2) is 4.57 Å². The highest BCUT2D eigenvalue weighted by molar-refractivity contribution is 5.88. The van der Waals surface area contributed by atoms with Crippen LogP contribution in [-0.2, 0) is 13.2 Å². The summed E-state index contributed by atoms with van der Waals surface area (Å²) in [4.78, 5) is 13.1. The van der Waals surface area contributed by atoms with E-state index in [9.17, 15) is 23.2 Å². The zero-order valence-corrected chi connectivity index (χ0v) is 15.1. The highest BCUT2D eigenvalue weighted by Gasteiger charge is 2.36. The van der Waals surface area contributed by atoms with E-state index in [0.717, 1.165) is 12.1 Å². The maximum absolute atomic E-state index is 13.1. The molecule has 0 radical (unpaired) electrons. The summed E-state index contributed by atoms with van der Waals surface area (Å²) in [5.74, 6) is -0.900. The predicted molar refractivity (Wildman–Crippen MR) is 99.9 cm³/mol. The number of para-hydroxylation sites is 1. The number of fused-ring (bicyclic) bond motifs is 3. The third-order valence-electron chi connectivity index (χ3n) is 5.04. The molecule has 3 aromatic rings. The summed E-state index contributed by atoms with van der Waals surface area (Å²) >= 11 is 0. The molecule has 29 heavy (non-hydrogen) atoms. The summed E-state index contributed by atoms with van der Waals surface area (Å²) in [6.45, 7) is 0. The minimum Gasteiger partial charge on any atom is -0.439 e. The van der Waals surface area contributed by atoms with Crippen LogP contribution < -0.4 is 16.0 Å². The summed E-state index contributed by atoms with van der Waals surface area (Å²) in [6.07, 6.45) is -4.49. The van der Waals surface area contributed by atoms with Gasteiger partial charge in [-0.3, -0.25) is 4.79 Å². The Morgan fingerprint density at radius 2 is 1.79 bits per heavy atom. The van der Waals surface area contributed by atoms with E-state index in [0.29, 0.717) is 16.5 Å². The Balaban J connectivity index is 2.03. The highest BCUT2D eigenvalue weighted by atomic mass is 19.4. The quantitative estimate of drug-likeness (QED) is 0.678. The maximum Gasteiger partial charge on any atom is 0.416 e. The molecule has 0 aliphatic carbocycles. The van der Waals surface area contributed by atoms with Crippen molar-refractivity contribution in [3.05, 3.63) is 87.0 Å². The number of aryl methyl sites for hydroxylation is 1. The largest absolute Gasteiger partial charge is 0.439 e. The van der Waals surface area contributed by atoms with Gasteiger partial charge < -0.3 is 15.0 Å². The lowest BCUT2D eigenvalue weighted by Gasteiger charge is -2.27. The lowest BCUT2D eigenvalue weighted by atomic mass is 9.83. The Morgan fingerprint density at radius 1 is 1.14 bits per heavy atom. The van der Waals surface area contributed by atoms with E-state index in [4.69, 9.17) is 10.5 Å². The summed E-state index contributed by atoms with van der Waals surface area (Å²) < 4.78 is 45.9. The molecule has 0 unspecified atom stereocenters. The van der Waals surface area contributed by atoms with Gasteiger partial charge in [-0.1, -0.05) is 24.3 Å². The van der Waals surface area contributed by atoms with Gasteiger partial charge in [-0.2, -0.15) is 18.4 Å². The number of allylic oxidation sites excluding steroid dienone is 1. The summed E-state index contributed by atoms with van der Waals surface area (Å²) in [5, 5.41) is 10.2. The van der Waals surface area contributed by atoms with Gasteiger partial charge in [-0.25, -0.2) is 0 Å². The maximum atomic E-state index is 13.1. The smallest absolute Gasteiger partial charge is 0.416 e. The molecule has 1 aliphatic rings. The molecular formula is C21H14F3N3O2. The Hall–Kier alpha value is -3.73. The van der Waals surface area contributed by atoms with E-state index in [1.54, 1.807) is 31.3 Å². The summed E-state index contributed by atoms with van der Waals surface area (Å²) in [6, 6.07) is 13.3. The molecule has 0 spiro atoms. The van der Waals surface area contributed by atoms with Crippen molar-refractivity contribution in [2.75, 3.05) is 0 Å². The van der Waals surface area contributed by atoms with Crippen LogP contribution in [0.2, 0.25) is 0 Å². The number of hydrogen-bond acceptors (Lipinski definition) is 4. The molecule has 5 nitrogen and oxygen atoms in total. The molecule has 4 rings (SSSR count). The average molecular weight is 397 g/mol. The fraction of sp³-hybridized carbons (Fsp3) is 0.143. The third kappa shape index (κ3) is 2.83. The van der Waals surface area contributed by atoms with Crippen LogP contribution in [0, 0.1) is 11.3 Å². The Labute approximate surface area is 163 Å². The first kappa shape index (κ1) is 18.6. The number of hydrogen-bond donors (Lipinski definition) is 1. The normalized spacial score (nSPS) is 16.3. The molecular weight excluding hydrogens is 383 g/mol. The number of alkyl halides is 3. The standard InChI is InChI=1S/C21H14F3N3O2/c1-27-15-5-3-2-4-13(15)18-17(20(27)28)16(14(10-25)19(26)29-18)11-6-8-12(9-7-11)21(22,23)24/h2-9,16H,26H2,1H3/t16-/m1/s1. The topological polar surface area (TPSA) is 81.0 Å². The van der Waals surface area contributed by atoms with E-state index in [1.807, 2.05) is 6.07 Å². The number of ether oxygens (including phenoxy) is 1. The number of aromatic nitrogens is 1. The highest BCUT2D eigenvalue weighted by Crippen LogP contribution is 2.43. The van der Waals surface area contributed by atoms with Crippen LogP contribution in [0.5, 0.6) is 5.75 Å². The third-order valence-corrected chi connectivity index (χ3v) is 5.04. The fourth-order valence-electron chi connectivity index (χ4n) is 3.62. The van der Waals surface area contributed by atoms with Crippen LogP contribution in [0.15, 0.2) is 64.8 Å². The Morgan fingerprint density at radius 3 is 2.41 bits per heavy atom. The lowest BCUT2D eigenvalue weighted by molar-refractivity contribution is -0.137. The van der Waals surface area contributed by atoms with Crippen molar-refractivity contribution in [2.24, 2.45) is 12.8 Å². The van der Waals surface area contributed by atoms with Crippen molar-refractivity contribution in [3.8, 4) is 11.8 Å². The van der Waals surface area contributed by atoms with Gasteiger partial charge in [-0.05, 0) is 29.8 Å². The molecule has 0 fully saturated rings. The molecule has 0 bridgehead atoms. The molecule has 1 aliphatic heterocycles. The van der Waals surface area contributed by atoms with E-state index >= 15 is 0 Å². The van der Waals surface area contributed by atoms with E-state index < -0.39 is 23.2 Å². The van der Waals surface area contributed by atoms with Crippen LogP contribution >= 0.6 is 0 Å². The van der Waals surface area contributed by atoms with Gasteiger partial charge in [0.1, 0.15) is 17.4 Å². The molecule has 0 amide bonds. The van der Waals surface area contributed by atoms with Gasteiger partial charge >= 0.3 is 6.18 Å². The molecule has 1 aromatic heterocycles. The van der Waals surface area contributed by atoms with Gasteiger partial charge in [0, 0.05) is 12.4 Å². The van der Waals surface area contributed by atoms with Crippen LogP contribution in [0.4, 0.5) is 13.2 Å². The minimum absolute atomic E-state index is 0.0235. The zero-order valence-electron chi connectivity index (χ0n) is 15.1. The van der Waals surface area contributed by atoms with Crippen molar-refractivity contribution in [1.29, 1.82) is 5.26 Å². The van der Waals surface area contributed by atoms with E-state index in [-0.39, 0.29) is 22.8 Å². The summed E-state index contributed by atoms with van der Waals surface area (Å²) in [5.41, 5.74) is 5.81. The molecule has 2 heterocycles. The average Bonchev–Trinajstić information content (AvgIpc) is 2.70. The first-order valence-corrected chi connectivity index (χ1v) is 8.60. The van der Waals surface area contributed by atoms with Gasteiger partial charge in [-0.15, -0.1) is 0 Å². The molecule has 0 saturated heterocycles. The number of benzene rings is 2. The second-order valence-electron chi connectivity index (χ2n) is 6.67. The number of nitrogens with zero attached hydrogens (tertiary/aromatic N) is 2. The van der Waals surface area contributed by atoms with Crippen molar-refractivity contribution < 1.29 is 17.9 Å². The molecule has 0 saturated carbocycles. The van der Waals surface area contributed by atoms with E-state index in [2.05, 4.69) is 0 Å². The monoisotopic (exact) mass is 397 g/mol. The molecule has 2 N–H and O–H groups in total. The number of pyridine rings is 1. The van der Waals surface area contributed by atoms with Gasteiger partial charge in [0.2, 0.25) is 5.88 Å².